The van der Waals surface area contributed by atoms with E-state index < -0.39 is 23.7 Å². The molecule has 2 N–H and O–H groups in total. The fourth-order valence-corrected chi connectivity index (χ4v) is 2.27. The Balaban J connectivity index is 1.91. The fourth-order valence-electron chi connectivity index (χ4n) is 1.89. The van der Waals surface area contributed by atoms with Gasteiger partial charge in [0.15, 0.2) is 6.10 Å². The van der Waals surface area contributed by atoms with Crippen molar-refractivity contribution in [2.24, 2.45) is 0 Å². The van der Waals surface area contributed by atoms with Crippen molar-refractivity contribution >= 4 is 27.7 Å². The van der Waals surface area contributed by atoms with Gasteiger partial charge < -0.3 is 9.47 Å². The van der Waals surface area contributed by atoms with Crippen molar-refractivity contribution in [2.75, 3.05) is 7.11 Å². The van der Waals surface area contributed by atoms with Gasteiger partial charge >= 0.3 is 0 Å². The Morgan fingerprint density at radius 2 is 1.88 bits per heavy atom. The van der Waals surface area contributed by atoms with E-state index in [9.17, 15) is 14.0 Å². The first kappa shape index (κ1) is 18.7. The van der Waals surface area contributed by atoms with E-state index in [4.69, 9.17) is 9.47 Å². The highest BCUT2D eigenvalue weighted by molar-refractivity contribution is 9.10. The molecule has 0 heterocycles. The first-order valence-corrected chi connectivity index (χ1v) is 8.06. The molecule has 0 fully saturated rings. The van der Waals surface area contributed by atoms with E-state index in [0.29, 0.717) is 5.75 Å². The normalized spacial score (nSPS) is 11.4. The van der Waals surface area contributed by atoms with E-state index in [2.05, 4.69) is 26.8 Å². The fraction of sp³-hybridized carbons (Fsp3) is 0.176. The molecule has 0 aliphatic carbocycles. The molecule has 8 heteroatoms. The van der Waals surface area contributed by atoms with Gasteiger partial charge in [0.05, 0.1) is 12.7 Å². The van der Waals surface area contributed by atoms with Gasteiger partial charge in [0.2, 0.25) is 0 Å². The Hall–Kier alpha value is -2.61. The summed E-state index contributed by atoms with van der Waals surface area (Å²) in [5.74, 6) is -1.35. The maximum atomic E-state index is 13.8. The molecular formula is C17H16BrFN2O4. The van der Waals surface area contributed by atoms with Crippen LogP contribution >= 0.6 is 15.9 Å². The van der Waals surface area contributed by atoms with Crippen LogP contribution in [0, 0.1) is 5.82 Å². The molecule has 0 aliphatic heterocycles. The smallest absolute Gasteiger partial charge is 0.279 e. The maximum Gasteiger partial charge on any atom is 0.279 e. The maximum absolute atomic E-state index is 13.8. The number of halogens is 2. The molecule has 132 valence electrons. The molecule has 2 rings (SSSR count). The summed E-state index contributed by atoms with van der Waals surface area (Å²) in [6, 6.07) is 10.8. The predicted molar refractivity (Wildman–Crippen MR) is 92.8 cm³/mol. The van der Waals surface area contributed by atoms with E-state index in [-0.39, 0.29) is 11.3 Å². The van der Waals surface area contributed by atoms with Crippen LogP contribution in [-0.2, 0) is 4.79 Å². The lowest BCUT2D eigenvalue weighted by atomic mass is 10.2. The Labute approximate surface area is 152 Å². The lowest BCUT2D eigenvalue weighted by Crippen LogP contribution is -2.47. The number of hydrogen-bond acceptors (Lipinski definition) is 4. The van der Waals surface area contributed by atoms with Crippen LogP contribution in [0.5, 0.6) is 11.5 Å². The minimum atomic E-state index is -0.865. The van der Waals surface area contributed by atoms with Crippen molar-refractivity contribution in [3.63, 3.8) is 0 Å². The van der Waals surface area contributed by atoms with Gasteiger partial charge in [-0.3, -0.25) is 20.4 Å². The Morgan fingerprint density at radius 3 is 2.52 bits per heavy atom. The molecule has 0 saturated heterocycles. The second-order valence-electron chi connectivity index (χ2n) is 5.01. The van der Waals surface area contributed by atoms with Gasteiger partial charge in [0, 0.05) is 10.5 Å². The van der Waals surface area contributed by atoms with Crippen molar-refractivity contribution in [3.8, 4) is 11.5 Å². The first-order chi connectivity index (χ1) is 11.9. The molecule has 0 aromatic heterocycles. The molecular weight excluding hydrogens is 395 g/mol. The van der Waals surface area contributed by atoms with E-state index >= 15 is 0 Å². The Morgan fingerprint density at radius 1 is 1.12 bits per heavy atom. The largest absolute Gasteiger partial charge is 0.497 e. The van der Waals surface area contributed by atoms with Crippen molar-refractivity contribution < 1.29 is 23.5 Å². The number of amides is 2. The number of hydrazine groups is 1. The van der Waals surface area contributed by atoms with E-state index in [1.165, 1.54) is 26.2 Å². The van der Waals surface area contributed by atoms with E-state index in [0.717, 1.165) is 10.5 Å². The van der Waals surface area contributed by atoms with Gasteiger partial charge in [0.25, 0.3) is 11.8 Å². The van der Waals surface area contributed by atoms with E-state index in [1.807, 2.05) is 6.07 Å². The monoisotopic (exact) mass is 410 g/mol. The average Bonchev–Trinajstić information content (AvgIpc) is 2.59. The molecule has 2 aromatic carbocycles. The zero-order valence-corrected chi connectivity index (χ0v) is 15.1. The highest BCUT2D eigenvalue weighted by atomic mass is 79.9. The second kappa shape index (κ2) is 8.48. The van der Waals surface area contributed by atoms with Gasteiger partial charge in [-0.15, -0.1) is 0 Å². The molecule has 0 unspecified atom stereocenters. The third-order valence-electron chi connectivity index (χ3n) is 3.20. The lowest BCUT2D eigenvalue weighted by Gasteiger charge is -2.15. The Bertz CT molecular complexity index is 785. The summed E-state index contributed by atoms with van der Waals surface area (Å²) in [6.07, 6.45) is -0.865. The van der Waals surface area contributed by atoms with Gasteiger partial charge in [-0.2, -0.15) is 0 Å². The van der Waals surface area contributed by atoms with Crippen molar-refractivity contribution in [3.05, 3.63) is 58.3 Å². The van der Waals surface area contributed by atoms with Crippen LogP contribution in [0.15, 0.2) is 46.9 Å². The molecule has 2 aromatic rings. The summed E-state index contributed by atoms with van der Waals surface area (Å²) in [5, 5.41) is 0. The van der Waals surface area contributed by atoms with Crippen LogP contribution in [0.4, 0.5) is 4.39 Å². The summed E-state index contributed by atoms with van der Waals surface area (Å²) < 4.78 is 24.9. The average molecular weight is 411 g/mol. The summed E-state index contributed by atoms with van der Waals surface area (Å²) in [4.78, 5) is 23.9. The third kappa shape index (κ3) is 5.18. The predicted octanol–water partition coefficient (Wildman–Crippen LogP) is 2.83. The van der Waals surface area contributed by atoms with Gasteiger partial charge in [-0.25, -0.2) is 4.39 Å². The molecule has 25 heavy (non-hydrogen) atoms. The quantitative estimate of drug-likeness (QED) is 0.743. The molecule has 2 amide bonds. The number of ether oxygens (including phenoxy) is 2. The number of carbonyl (C=O) groups excluding carboxylic acids is 2. The summed E-state index contributed by atoms with van der Waals surface area (Å²) in [7, 11) is 1.39. The third-order valence-corrected chi connectivity index (χ3v) is 3.69. The molecule has 1 atom stereocenters. The standard InChI is InChI=1S/C17H16BrFN2O4/c1-10(25-13-5-3-4-11(18)8-13)16(22)20-21-17(23)14-7-6-12(24-2)9-15(14)19/h3-10H,1-2H3,(H,20,22)(H,21,23)/t10-/m1/s1. The highest BCUT2D eigenvalue weighted by Crippen LogP contribution is 2.19. The van der Waals surface area contributed by atoms with E-state index in [1.54, 1.807) is 18.2 Å². The number of hydrogen-bond donors (Lipinski definition) is 2. The van der Waals surface area contributed by atoms with Gasteiger partial charge in [-0.05, 0) is 37.3 Å². The number of rotatable bonds is 5. The van der Waals surface area contributed by atoms with Crippen LogP contribution in [0.25, 0.3) is 0 Å². The SMILES string of the molecule is COc1ccc(C(=O)NNC(=O)[C@@H](C)Oc2cccc(Br)c2)c(F)c1. The molecule has 0 radical (unpaired) electrons. The molecule has 0 bridgehead atoms. The molecule has 0 aliphatic rings. The van der Waals surface area contributed by atoms with Crippen molar-refractivity contribution in [1.82, 2.24) is 10.9 Å². The van der Waals surface area contributed by atoms with Crippen molar-refractivity contribution in [2.45, 2.75) is 13.0 Å². The molecule has 6 nitrogen and oxygen atoms in total. The number of nitrogens with one attached hydrogen (secondary N) is 2. The van der Waals surface area contributed by atoms with Crippen LogP contribution in [0.1, 0.15) is 17.3 Å². The van der Waals surface area contributed by atoms with Gasteiger partial charge in [-0.1, -0.05) is 22.0 Å². The number of carbonyl (C=O) groups is 2. The zero-order chi connectivity index (χ0) is 18.4. The first-order valence-electron chi connectivity index (χ1n) is 7.26. The van der Waals surface area contributed by atoms with Crippen molar-refractivity contribution in [1.29, 1.82) is 0 Å². The van der Waals surface area contributed by atoms with Crippen LogP contribution in [0.3, 0.4) is 0 Å². The highest BCUT2D eigenvalue weighted by Gasteiger charge is 2.17. The van der Waals surface area contributed by atoms with Crippen LogP contribution in [0.2, 0.25) is 0 Å². The minimum absolute atomic E-state index is 0.221. The Kier molecular flexibility index (Phi) is 6.35. The van der Waals surface area contributed by atoms with Crippen LogP contribution < -0.4 is 20.3 Å². The second-order valence-corrected chi connectivity index (χ2v) is 5.92. The topological polar surface area (TPSA) is 76.7 Å². The summed E-state index contributed by atoms with van der Waals surface area (Å²) in [6.45, 7) is 1.52. The number of benzene rings is 2. The summed E-state index contributed by atoms with van der Waals surface area (Å²) in [5.41, 5.74) is 4.12. The minimum Gasteiger partial charge on any atom is -0.497 e. The molecule has 0 spiro atoms. The summed E-state index contributed by atoms with van der Waals surface area (Å²) >= 11 is 3.30. The lowest BCUT2D eigenvalue weighted by molar-refractivity contribution is -0.128. The molecule has 0 saturated carbocycles. The van der Waals surface area contributed by atoms with Crippen LogP contribution in [-0.4, -0.2) is 25.0 Å². The zero-order valence-electron chi connectivity index (χ0n) is 13.5. The number of methoxy groups -OCH3 is 1. The van der Waals surface area contributed by atoms with Gasteiger partial charge in [0.1, 0.15) is 17.3 Å².